The second-order valence-corrected chi connectivity index (χ2v) is 3.29. The van der Waals surface area contributed by atoms with Crippen LogP contribution in [0.2, 0.25) is 0 Å². The molecular weight excluding hydrogens is 144 g/mol. The monoisotopic (exact) mass is 156 g/mol. The molecule has 0 amide bonds. The highest BCUT2D eigenvalue weighted by atomic mass is 14.2. The Bertz CT molecular complexity index is 328. The third-order valence-electron chi connectivity index (χ3n) is 2.54. The largest absolute Gasteiger partial charge is 0.120 e. The van der Waals surface area contributed by atoms with E-state index in [0.29, 0.717) is 0 Å². The minimum atomic E-state index is 0.795. The van der Waals surface area contributed by atoms with Crippen molar-refractivity contribution in [2.24, 2.45) is 0 Å². The summed E-state index contributed by atoms with van der Waals surface area (Å²) in [7, 11) is 0. The summed E-state index contributed by atoms with van der Waals surface area (Å²) in [6.45, 7) is 0. The molecule has 0 fully saturated rings. The molecule has 1 aliphatic rings. The van der Waals surface area contributed by atoms with Crippen LogP contribution in [-0.4, -0.2) is 0 Å². The van der Waals surface area contributed by atoms with E-state index < -0.39 is 0 Å². The first-order chi connectivity index (χ1) is 5.92. The number of hydrogen-bond donors (Lipinski definition) is 0. The molecule has 0 unspecified atom stereocenters. The second-order valence-electron chi connectivity index (χ2n) is 3.29. The standard InChI is InChI=1S/C12H12/c1-2-5-10-6-3-7-11-8-4-9-12(10)11/h1,3,6-7H,4-5,8-9H2. The molecular formula is C12H12. The second kappa shape index (κ2) is 3.03. The molecule has 0 heteroatoms. The summed E-state index contributed by atoms with van der Waals surface area (Å²) in [4.78, 5) is 0. The van der Waals surface area contributed by atoms with Crippen molar-refractivity contribution in [1.29, 1.82) is 0 Å². The Morgan fingerprint density at radius 1 is 1.33 bits per heavy atom. The molecule has 1 aromatic carbocycles. The molecule has 1 aromatic rings. The van der Waals surface area contributed by atoms with Crippen LogP contribution in [0.4, 0.5) is 0 Å². The van der Waals surface area contributed by atoms with Gasteiger partial charge in [0.05, 0.1) is 0 Å². The van der Waals surface area contributed by atoms with Crippen LogP contribution in [0.1, 0.15) is 23.1 Å². The van der Waals surface area contributed by atoms with Crippen LogP contribution in [0.15, 0.2) is 18.2 Å². The van der Waals surface area contributed by atoms with Gasteiger partial charge in [0.15, 0.2) is 0 Å². The van der Waals surface area contributed by atoms with E-state index in [1.165, 1.54) is 36.0 Å². The Hall–Kier alpha value is -1.22. The molecule has 0 heterocycles. The normalized spacial score (nSPS) is 13.9. The van der Waals surface area contributed by atoms with E-state index in [4.69, 9.17) is 6.42 Å². The third kappa shape index (κ3) is 1.12. The van der Waals surface area contributed by atoms with Gasteiger partial charge < -0.3 is 0 Å². The average molecular weight is 156 g/mol. The lowest BCUT2D eigenvalue weighted by Gasteiger charge is -2.03. The van der Waals surface area contributed by atoms with E-state index in [-0.39, 0.29) is 0 Å². The number of benzene rings is 1. The minimum Gasteiger partial charge on any atom is -0.120 e. The van der Waals surface area contributed by atoms with Crippen LogP contribution >= 0.6 is 0 Å². The number of rotatable bonds is 1. The molecule has 0 aromatic heterocycles. The lowest BCUT2D eigenvalue weighted by Crippen LogP contribution is -1.90. The summed E-state index contributed by atoms with van der Waals surface area (Å²) in [6, 6.07) is 6.50. The predicted molar refractivity (Wildman–Crippen MR) is 51.0 cm³/mol. The van der Waals surface area contributed by atoms with Crippen LogP contribution in [0.3, 0.4) is 0 Å². The van der Waals surface area contributed by atoms with E-state index in [0.717, 1.165) is 6.42 Å². The summed E-state index contributed by atoms with van der Waals surface area (Å²) in [5.74, 6) is 2.71. The summed E-state index contributed by atoms with van der Waals surface area (Å²) in [6.07, 6.45) is 9.88. The summed E-state index contributed by atoms with van der Waals surface area (Å²) in [5.41, 5.74) is 4.41. The van der Waals surface area contributed by atoms with Crippen molar-refractivity contribution in [2.75, 3.05) is 0 Å². The summed E-state index contributed by atoms with van der Waals surface area (Å²) < 4.78 is 0. The predicted octanol–water partition coefficient (Wildman–Crippen LogP) is 2.35. The zero-order valence-corrected chi connectivity index (χ0v) is 7.14. The number of fused-ring (bicyclic) bond motifs is 1. The van der Waals surface area contributed by atoms with E-state index >= 15 is 0 Å². The van der Waals surface area contributed by atoms with Gasteiger partial charge in [-0.05, 0) is 36.0 Å². The van der Waals surface area contributed by atoms with Crippen LogP contribution in [0, 0.1) is 12.3 Å². The van der Waals surface area contributed by atoms with Crippen molar-refractivity contribution >= 4 is 0 Å². The topological polar surface area (TPSA) is 0 Å². The number of aryl methyl sites for hydroxylation is 1. The van der Waals surface area contributed by atoms with Gasteiger partial charge in [0.25, 0.3) is 0 Å². The van der Waals surface area contributed by atoms with Crippen molar-refractivity contribution in [3.8, 4) is 12.3 Å². The van der Waals surface area contributed by atoms with Gasteiger partial charge in [-0.15, -0.1) is 12.3 Å². The fourth-order valence-corrected chi connectivity index (χ4v) is 1.97. The molecule has 0 atom stereocenters. The fraction of sp³-hybridized carbons (Fsp3) is 0.333. The lowest BCUT2D eigenvalue weighted by molar-refractivity contribution is 0.908. The van der Waals surface area contributed by atoms with E-state index in [1.807, 2.05) is 0 Å². The summed E-state index contributed by atoms with van der Waals surface area (Å²) in [5, 5.41) is 0. The molecule has 0 saturated heterocycles. The molecule has 60 valence electrons. The Balaban J connectivity index is 2.44. The van der Waals surface area contributed by atoms with Gasteiger partial charge in [-0.2, -0.15) is 0 Å². The van der Waals surface area contributed by atoms with Crippen LogP contribution in [0.25, 0.3) is 0 Å². The van der Waals surface area contributed by atoms with Gasteiger partial charge in [-0.1, -0.05) is 18.2 Å². The molecule has 0 bridgehead atoms. The Labute approximate surface area is 73.6 Å². The van der Waals surface area contributed by atoms with Gasteiger partial charge in [0.2, 0.25) is 0 Å². The summed E-state index contributed by atoms with van der Waals surface area (Å²) >= 11 is 0. The zero-order valence-electron chi connectivity index (χ0n) is 7.14. The van der Waals surface area contributed by atoms with E-state index in [2.05, 4.69) is 24.1 Å². The lowest BCUT2D eigenvalue weighted by atomic mass is 10.0. The molecule has 1 aliphatic carbocycles. The molecule has 2 rings (SSSR count). The quantitative estimate of drug-likeness (QED) is 0.547. The van der Waals surface area contributed by atoms with Crippen molar-refractivity contribution in [2.45, 2.75) is 25.7 Å². The first-order valence-electron chi connectivity index (χ1n) is 4.45. The van der Waals surface area contributed by atoms with Gasteiger partial charge in [0.1, 0.15) is 0 Å². The highest BCUT2D eigenvalue weighted by Crippen LogP contribution is 2.25. The van der Waals surface area contributed by atoms with Gasteiger partial charge in [-0.25, -0.2) is 0 Å². The average Bonchev–Trinajstić information content (AvgIpc) is 2.53. The maximum atomic E-state index is 5.30. The maximum absolute atomic E-state index is 5.30. The third-order valence-corrected chi connectivity index (χ3v) is 2.54. The number of hydrogen-bond acceptors (Lipinski definition) is 0. The zero-order chi connectivity index (χ0) is 8.39. The highest BCUT2D eigenvalue weighted by Gasteiger charge is 2.12. The van der Waals surface area contributed by atoms with Crippen molar-refractivity contribution < 1.29 is 0 Å². The molecule has 0 N–H and O–H groups in total. The van der Waals surface area contributed by atoms with Gasteiger partial charge in [-0.3, -0.25) is 0 Å². The minimum absolute atomic E-state index is 0.795. The molecule has 0 radical (unpaired) electrons. The molecule has 0 saturated carbocycles. The van der Waals surface area contributed by atoms with Crippen molar-refractivity contribution in [3.63, 3.8) is 0 Å². The van der Waals surface area contributed by atoms with E-state index in [1.54, 1.807) is 0 Å². The fourth-order valence-electron chi connectivity index (χ4n) is 1.97. The number of terminal acetylenes is 1. The van der Waals surface area contributed by atoms with Crippen LogP contribution in [-0.2, 0) is 19.3 Å². The Kier molecular flexibility index (Phi) is 1.87. The first-order valence-corrected chi connectivity index (χ1v) is 4.45. The smallest absolute Gasteiger partial charge is 0.0340 e. The van der Waals surface area contributed by atoms with Gasteiger partial charge in [0, 0.05) is 6.42 Å². The molecule has 12 heavy (non-hydrogen) atoms. The molecule has 0 aliphatic heterocycles. The van der Waals surface area contributed by atoms with Crippen molar-refractivity contribution in [1.82, 2.24) is 0 Å². The maximum Gasteiger partial charge on any atom is 0.0340 e. The molecule has 0 nitrogen and oxygen atoms in total. The van der Waals surface area contributed by atoms with Gasteiger partial charge >= 0.3 is 0 Å². The highest BCUT2D eigenvalue weighted by molar-refractivity contribution is 5.39. The Morgan fingerprint density at radius 2 is 2.25 bits per heavy atom. The van der Waals surface area contributed by atoms with Crippen LogP contribution < -0.4 is 0 Å². The molecule has 0 spiro atoms. The van der Waals surface area contributed by atoms with Crippen molar-refractivity contribution in [3.05, 3.63) is 34.9 Å². The van der Waals surface area contributed by atoms with E-state index in [9.17, 15) is 0 Å². The Morgan fingerprint density at radius 3 is 3.08 bits per heavy atom. The SMILES string of the molecule is C#CCc1cccc2c1CCC2. The van der Waals surface area contributed by atoms with Crippen LogP contribution in [0.5, 0.6) is 0 Å². The first kappa shape index (κ1) is 7.43.